The van der Waals surface area contributed by atoms with Crippen molar-refractivity contribution in [3.05, 3.63) is 53.1 Å². The monoisotopic (exact) mass is 296 g/mol. The van der Waals surface area contributed by atoms with E-state index in [9.17, 15) is 0 Å². The van der Waals surface area contributed by atoms with Gasteiger partial charge in [0, 0.05) is 0 Å². The van der Waals surface area contributed by atoms with Crippen molar-refractivity contribution in [3.63, 3.8) is 0 Å². The summed E-state index contributed by atoms with van der Waals surface area (Å²) in [5.41, 5.74) is 6.45. The molecule has 0 aromatic heterocycles. The van der Waals surface area contributed by atoms with Crippen LogP contribution in [-0.4, -0.2) is 6.61 Å². The molecular weight excluding hydrogens is 268 g/mol. The third-order valence-electron chi connectivity index (χ3n) is 4.36. The summed E-state index contributed by atoms with van der Waals surface area (Å²) in [5.74, 6) is 1.03. The molecule has 0 heterocycles. The van der Waals surface area contributed by atoms with Gasteiger partial charge in [-0.25, -0.2) is 0 Å². The summed E-state index contributed by atoms with van der Waals surface area (Å²) in [5, 5.41) is 0. The van der Waals surface area contributed by atoms with E-state index >= 15 is 0 Å². The van der Waals surface area contributed by atoms with Crippen LogP contribution in [0.4, 0.5) is 0 Å². The Morgan fingerprint density at radius 1 is 0.773 bits per heavy atom. The van der Waals surface area contributed by atoms with E-state index in [0.29, 0.717) is 0 Å². The highest BCUT2D eigenvalue weighted by molar-refractivity contribution is 5.70. The van der Waals surface area contributed by atoms with Gasteiger partial charge in [-0.3, -0.25) is 0 Å². The van der Waals surface area contributed by atoms with Gasteiger partial charge in [0.15, 0.2) is 0 Å². The van der Waals surface area contributed by atoms with Gasteiger partial charge < -0.3 is 4.74 Å². The van der Waals surface area contributed by atoms with Crippen LogP contribution in [0.3, 0.4) is 0 Å². The lowest BCUT2D eigenvalue weighted by atomic mass is 9.96. The molecule has 0 aliphatic rings. The minimum absolute atomic E-state index is 0.824. The van der Waals surface area contributed by atoms with Crippen molar-refractivity contribution in [2.45, 2.75) is 53.4 Å². The average molecular weight is 296 g/mol. The first-order chi connectivity index (χ1) is 10.6. The minimum atomic E-state index is 0.824. The maximum atomic E-state index is 5.97. The lowest BCUT2D eigenvalue weighted by molar-refractivity contribution is 0.303. The second-order valence-electron chi connectivity index (χ2n) is 6.14. The van der Waals surface area contributed by atoms with E-state index in [2.05, 4.69) is 64.1 Å². The van der Waals surface area contributed by atoms with Crippen LogP contribution in [0.15, 0.2) is 36.4 Å². The lowest BCUT2D eigenvalue weighted by Crippen LogP contribution is -2.00. The summed E-state index contributed by atoms with van der Waals surface area (Å²) in [7, 11) is 0. The Bertz CT molecular complexity index is 596. The van der Waals surface area contributed by atoms with Gasteiger partial charge in [-0.1, -0.05) is 62.1 Å². The van der Waals surface area contributed by atoms with Crippen molar-refractivity contribution >= 4 is 0 Å². The summed E-state index contributed by atoms with van der Waals surface area (Å²) in [6.07, 6.45) is 4.97. The quantitative estimate of drug-likeness (QED) is 0.550. The molecule has 0 spiro atoms. The summed E-state index contributed by atoms with van der Waals surface area (Å²) >= 11 is 0. The number of benzene rings is 2. The second-order valence-corrected chi connectivity index (χ2v) is 6.14. The molecule has 0 bridgehead atoms. The van der Waals surface area contributed by atoms with Crippen LogP contribution in [0.5, 0.6) is 5.75 Å². The van der Waals surface area contributed by atoms with Crippen LogP contribution >= 0.6 is 0 Å². The summed E-state index contributed by atoms with van der Waals surface area (Å²) < 4.78 is 5.97. The number of rotatable bonds is 7. The maximum absolute atomic E-state index is 5.97. The van der Waals surface area contributed by atoms with Gasteiger partial charge in [0.25, 0.3) is 0 Å². The highest BCUT2D eigenvalue weighted by Gasteiger charge is 2.09. The van der Waals surface area contributed by atoms with Gasteiger partial charge in [0.1, 0.15) is 5.75 Å². The topological polar surface area (TPSA) is 9.23 Å². The van der Waals surface area contributed by atoms with E-state index in [0.717, 1.165) is 18.8 Å². The Kier molecular flexibility index (Phi) is 6.06. The third kappa shape index (κ3) is 4.13. The molecule has 0 N–H and O–H groups in total. The molecule has 0 atom stereocenters. The average Bonchev–Trinajstić information content (AvgIpc) is 2.52. The third-order valence-corrected chi connectivity index (χ3v) is 4.36. The molecular formula is C21H28O. The molecule has 0 saturated carbocycles. The fraction of sp³-hybridized carbons (Fsp3) is 0.429. The Labute approximate surface area is 135 Å². The zero-order valence-corrected chi connectivity index (χ0v) is 14.4. The normalized spacial score (nSPS) is 10.7. The van der Waals surface area contributed by atoms with Gasteiger partial charge in [0.2, 0.25) is 0 Å². The maximum Gasteiger partial charge on any atom is 0.122 e. The van der Waals surface area contributed by atoms with Crippen molar-refractivity contribution < 1.29 is 4.74 Å². The molecule has 0 aliphatic carbocycles. The number of hydrogen-bond donors (Lipinski definition) is 0. The minimum Gasteiger partial charge on any atom is -0.493 e. The first-order valence-corrected chi connectivity index (χ1v) is 8.43. The van der Waals surface area contributed by atoms with Crippen LogP contribution in [0.25, 0.3) is 11.1 Å². The number of unbranched alkanes of at least 4 members (excludes halogenated alkanes) is 3. The van der Waals surface area contributed by atoms with Crippen molar-refractivity contribution in [3.8, 4) is 16.9 Å². The second kappa shape index (κ2) is 8.03. The van der Waals surface area contributed by atoms with Crippen LogP contribution < -0.4 is 4.74 Å². The van der Waals surface area contributed by atoms with Crippen LogP contribution in [0.1, 0.15) is 49.3 Å². The summed E-state index contributed by atoms with van der Waals surface area (Å²) in [6.45, 7) is 9.53. The van der Waals surface area contributed by atoms with Gasteiger partial charge in [0.05, 0.1) is 6.61 Å². The molecule has 2 aromatic carbocycles. The molecule has 1 nitrogen and oxygen atoms in total. The predicted octanol–water partition coefficient (Wildman–Crippen LogP) is 6.24. The van der Waals surface area contributed by atoms with Crippen molar-refractivity contribution in [1.29, 1.82) is 0 Å². The Hall–Kier alpha value is -1.76. The fourth-order valence-electron chi connectivity index (χ4n) is 2.71. The van der Waals surface area contributed by atoms with Crippen molar-refractivity contribution in [2.24, 2.45) is 0 Å². The smallest absolute Gasteiger partial charge is 0.122 e. The first kappa shape index (κ1) is 16.6. The van der Waals surface area contributed by atoms with Gasteiger partial charge >= 0.3 is 0 Å². The molecule has 0 aliphatic heterocycles. The molecule has 0 fully saturated rings. The summed E-state index contributed by atoms with van der Waals surface area (Å²) in [4.78, 5) is 0. The predicted molar refractivity (Wildman–Crippen MR) is 95.7 cm³/mol. The van der Waals surface area contributed by atoms with Gasteiger partial charge in [-0.15, -0.1) is 0 Å². The van der Waals surface area contributed by atoms with Crippen LogP contribution in [0, 0.1) is 20.8 Å². The molecule has 0 unspecified atom stereocenters. The van der Waals surface area contributed by atoms with E-state index in [-0.39, 0.29) is 0 Å². The van der Waals surface area contributed by atoms with Gasteiger partial charge in [-0.05, 0) is 55.5 Å². The zero-order valence-electron chi connectivity index (χ0n) is 14.4. The standard InChI is InChI=1S/C21H28O/c1-5-6-7-8-15-22-21-14-13-20(17(3)18(21)4)19-11-9-16(2)10-12-19/h9-14H,5-8,15H2,1-4H3. The molecule has 22 heavy (non-hydrogen) atoms. The zero-order chi connectivity index (χ0) is 15.9. The van der Waals surface area contributed by atoms with Crippen LogP contribution in [-0.2, 0) is 0 Å². The fourth-order valence-corrected chi connectivity index (χ4v) is 2.71. The molecule has 2 aromatic rings. The molecule has 0 amide bonds. The highest BCUT2D eigenvalue weighted by Crippen LogP contribution is 2.31. The first-order valence-electron chi connectivity index (χ1n) is 8.43. The highest BCUT2D eigenvalue weighted by atomic mass is 16.5. The van der Waals surface area contributed by atoms with Gasteiger partial charge in [-0.2, -0.15) is 0 Å². The molecule has 0 radical (unpaired) electrons. The molecule has 118 valence electrons. The summed E-state index contributed by atoms with van der Waals surface area (Å²) in [6, 6.07) is 13.0. The Balaban J connectivity index is 2.10. The number of ether oxygens (including phenoxy) is 1. The SMILES string of the molecule is CCCCCCOc1ccc(-c2ccc(C)cc2)c(C)c1C. The van der Waals surface area contributed by atoms with Crippen LogP contribution in [0.2, 0.25) is 0 Å². The van der Waals surface area contributed by atoms with E-state index in [1.165, 1.54) is 47.1 Å². The van der Waals surface area contributed by atoms with E-state index in [4.69, 9.17) is 4.74 Å². The van der Waals surface area contributed by atoms with E-state index in [1.807, 2.05) is 0 Å². The molecule has 0 saturated heterocycles. The van der Waals surface area contributed by atoms with Crippen molar-refractivity contribution in [2.75, 3.05) is 6.61 Å². The lowest BCUT2D eigenvalue weighted by Gasteiger charge is -2.15. The molecule has 2 rings (SSSR count). The Morgan fingerprint density at radius 2 is 1.50 bits per heavy atom. The van der Waals surface area contributed by atoms with Crippen molar-refractivity contribution in [1.82, 2.24) is 0 Å². The number of hydrogen-bond acceptors (Lipinski definition) is 1. The molecule has 1 heteroatoms. The number of aryl methyl sites for hydroxylation is 1. The van der Waals surface area contributed by atoms with E-state index < -0.39 is 0 Å². The Morgan fingerprint density at radius 3 is 2.18 bits per heavy atom. The largest absolute Gasteiger partial charge is 0.493 e. The van der Waals surface area contributed by atoms with E-state index in [1.54, 1.807) is 0 Å².